The van der Waals surface area contributed by atoms with Crippen molar-refractivity contribution in [1.29, 1.82) is 0 Å². The Morgan fingerprint density at radius 3 is 2.77 bits per heavy atom. The molecule has 1 aromatic rings. The van der Waals surface area contributed by atoms with Gasteiger partial charge in [-0.3, -0.25) is 4.79 Å². The van der Waals surface area contributed by atoms with Crippen molar-refractivity contribution in [3.63, 3.8) is 0 Å². The summed E-state index contributed by atoms with van der Waals surface area (Å²) in [5.41, 5.74) is 1.28. The Labute approximate surface area is 128 Å². The Balaban J connectivity index is 1.56. The molecule has 3 aliphatic heterocycles. The molecule has 0 saturated carbocycles. The maximum absolute atomic E-state index is 11.2. The standard InChI is InChI=1S/C16H18O6/c1-16(2)21-13-12-11(19-15(13)22-16)8-18-14(20-12)10-6-4-3-5-9(10)7-17/h3-7,11-15H,8H2,1-2H3/t11-,12+,13-,14?,15-/m1/s1. The Morgan fingerprint density at radius 2 is 1.95 bits per heavy atom. The molecule has 5 atom stereocenters. The highest BCUT2D eigenvalue weighted by atomic mass is 16.9. The lowest BCUT2D eigenvalue weighted by atomic mass is 10.1. The first-order valence-electron chi connectivity index (χ1n) is 7.40. The average Bonchev–Trinajstić information content (AvgIpc) is 2.98. The zero-order valence-corrected chi connectivity index (χ0v) is 12.4. The maximum atomic E-state index is 11.2. The van der Waals surface area contributed by atoms with Gasteiger partial charge in [0, 0.05) is 11.1 Å². The SMILES string of the molecule is CC1(C)O[C@H]2O[C@@H]3COC(c4ccccc4C=O)O[C@@H]3[C@H]2O1. The third kappa shape index (κ3) is 2.28. The lowest BCUT2D eigenvalue weighted by Gasteiger charge is -2.34. The summed E-state index contributed by atoms with van der Waals surface area (Å²) in [5, 5.41) is 0. The highest BCUT2D eigenvalue weighted by molar-refractivity contribution is 5.77. The molecule has 1 unspecified atom stereocenters. The summed E-state index contributed by atoms with van der Waals surface area (Å²) in [5.74, 6) is -0.682. The average molecular weight is 306 g/mol. The summed E-state index contributed by atoms with van der Waals surface area (Å²) in [4.78, 5) is 11.2. The fourth-order valence-corrected chi connectivity index (χ4v) is 3.21. The van der Waals surface area contributed by atoms with E-state index in [4.69, 9.17) is 23.7 Å². The van der Waals surface area contributed by atoms with E-state index in [9.17, 15) is 4.79 Å². The van der Waals surface area contributed by atoms with Crippen molar-refractivity contribution >= 4 is 6.29 Å². The second kappa shape index (κ2) is 5.11. The summed E-state index contributed by atoms with van der Waals surface area (Å²) in [6.07, 6.45) is -1.00. The molecule has 6 heteroatoms. The fraction of sp³-hybridized carbons (Fsp3) is 0.562. The van der Waals surface area contributed by atoms with E-state index in [0.29, 0.717) is 12.2 Å². The van der Waals surface area contributed by atoms with Crippen molar-refractivity contribution in [3.05, 3.63) is 35.4 Å². The maximum Gasteiger partial charge on any atom is 0.190 e. The van der Waals surface area contributed by atoms with Gasteiger partial charge in [-0.25, -0.2) is 0 Å². The molecule has 6 nitrogen and oxygen atoms in total. The highest BCUT2D eigenvalue weighted by Gasteiger charge is 2.57. The van der Waals surface area contributed by atoms with Crippen LogP contribution in [0.1, 0.15) is 36.1 Å². The van der Waals surface area contributed by atoms with Crippen molar-refractivity contribution in [3.8, 4) is 0 Å². The Hall–Kier alpha value is -1.31. The van der Waals surface area contributed by atoms with Crippen LogP contribution >= 0.6 is 0 Å². The molecule has 0 amide bonds. The van der Waals surface area contributed by atoms with Gasteiger partial charge in [0.05, 0.1) is 6.61 Å². The molecule has 0 N–H and O–H groups in total. The minimum atomic E-state index is -0.682. The van der Waals surface area contributed by atoms with E-state index in [2.05, 4.69) is 0 Å². The van der Waals surface area contributed by atoms with Crippen LogP contribution in [-0.2, 0) is 23.7 Å². The number of benzene rings is 1. The summed E-state index contributed by atoms with van der Waals surface area (Å²) >= 11 is 0. The van der Waals surface area contributed by atoms with Crippen LogP contribution in [0.15, 0.2) is 24.3 Å². The van der Waals surface area contributed by atoms with Gasteiger partial charge in [0.2, 0.25) is 0 Å². The first-order chi connectivity index (χ1) is 10.6. The molecule has 0 bridgehead atoms. The molecule has 0 aromatic heterocycles. The van der Waals surface area contributed by atoms with Gasteiger partial charge in [-0.1, -0.05) is 24.3 Å². The van der Waals surface area contributed by atoms with Crippen LogP contribution in [-0.4, -0.2) is 43.3 Å². The van der Waals surface area contributed by atoms with Crippen LogP contribution in [0.3, 0.4) is 0 Å². The van der Waals surface area contributed by atoms with E-state index in [1.54, 1.807) is 6.07 Å². The predicted octanol–water partition coefficient (Wildman–Crippen LogP) is 1.79. The summed E-state index contributed by atoms with van der Waals surface area (Å²) in [6, 6.07) is 7.24. The number of aldehydes is 1. The quantitative estimate of drug-likeness (QED) is 0.776. The van der Waals surface area contributed by atoms with Crippen LogP contribution in [0.2, 0.25) is 0 Å². The number of carbonyl (C=O) groups is 1. The molecule has 118 valence electrons. The topological polar surface area (TPSA) is 63.2 Å². The van der Waals surface area contributed by atoms with Gasteiger partial charge >= 0.3 is 0 Å². The smallest absolute Gasteiger partial charge is 0.190 e. The largest absolute Gasteiger partial charge is 0.346 e. The molecular formula is C16H18O6. The Bertz CT molecular complexity index is 586. The Morgan fingerprint density at radius 1 is 1.14 bits per heavy atom. The number of ether oxygens (including phenoxy) is 5. The van der Waals surface area contributed by atoms with Gasteiger partial charge in [0.15, 0.2) is 24.7 Å². The van der Waals surface area contributed by atoms with Crippen molar-refractivity contribution in [2.24, 2.45) is 0 Å². The molecule has 3 fully saturated rings. The van der Waals surface area contributed by atoms with Crippen molar-refractivity contribution in [2.45, 2.75) is 50.5 Å². The minimum Gasteiger partial charge on any atom is -0.346 e. The fourth-order valence-electron chi connectivity index (χ4n) is 3.21. The predicted molar refractivity (Wildman–Crippen MR) is 74.1 cm³/mol. The number of rotatable bonds is 2. The zero-order valence-electron chi connectivity index (χ0n) is 12.4. The molecule has 3 aliphatic rings. The molecule has 0 radical (unpaired) electrons. The van der Waals surface area contributed by atoms with Gasteiger partial charge in [-0.05, 0) is 13.8 Å². The van der Waals surface area contributed by atoms with E-state index in [-0.39, 0.29) is 18.3 Å². The van der Waals surface area contributed by atoms with E-state index >= 15 is 0 Å². The molecule has 0 spiro atoms. The zero-order chi connectivity index (χ0) is 15.3. The lowest BCUT2D eigenvalue weighted by molar-refractivity contribution is -0.285. The summed E-state index contributed by atoms with van der Waals surface area (Å²) in [6.45, 7) is 4.08. The van der Waals surface area contributed by atoms with Crippen LogP contribution in [0.25, 0.3) is 0 Å². The van der Waals surface area contributed by atoms with Crippen LogP contribution in [0.4, 0.5) is 0 Å². The molecule has 4 rings (SSSR count). The van der Waals surface area contributed by atoms with Gasteiger partial charge in [-0.15, -0.1) is 0 Å². The van der Waals surface area contributed by atoms with Gasteiger partial charge in [0.25, 0.3) is 0 Å². The van der Waals surface area contributed by atoms with Crippen LogP contribution in [0.5, 0.6) is 0 Å². The first-order valence-corrected chi connectivity index (χ1v) is 7.40. The van der Waals surface area contributed by atoms with E-state index in [1.807, 2.05) is 32.0 Å². The molecule has 0 aliphatic carbocycles. The summed E-state index contributed by atoms with van der Waals surface area (Å²) in [7, 11) is 0. The van der Waals surface area contributed by atoms with Gasteiger partial charge in [-0.2, -0.15) is 0 Å². The van der Waals surface area contributed by atoms with E-state index in [0.717, 1.165) is 11.8 Å². The molecule has 3 saturated heterocycles. The van der Waals surface area contributed by atoms with Gasteiger partial charge < -0.3 is 23.7 Å². The molecular weight excluding hydrogens is 288 g/mol. The third-order valence-electron chi connectivity index (χ3n) is 4.16. The normalized spacial score (nSPS) is 39.3. The third-order valence-corrected chi connectivity index (χ3v) is 4.16. The van der Waals surface area contributed by atoms with E-state index < -0.39 is 18.4 Å². The number of hydrogen-bond acceptors (Lipinski definition) is 6. The van der Waals surface area contributed by atoms with Crippen LogP contribution in [0, 0.1) is 0 Å². The number of carbonyl (C=O) groups excluding carboxylic acids is 1. The first kappa shape index (κ1) is 14.3. The van der Waals surface area contributed by atoms with Gasteiger partial charge in [0.1, 0.15) is 18.3 Å². The van der Waals surface area contributed by atoms with Crippen molar-refractivity contribution < 1.29 is 28.5 Å². The number of fused-ring (bicyclic) bond motifs is 3. The highest BCUT2D eigenvalue weighted by Crippen LogP contribution is 2.43. The van der Waals surface area contributed by atoms with Crippen molar-refractivity contribution in [2.75, 3.05) is 6.61 Å². The lowest BCUT2D eigenvalue weighted by Crippen LogP contribution is -2.44. The molecule has 3 heterocycles. The van der Waals surface area contributed by atoms with E-state index in [1.165, 1.54) is 0 Å². The molecule has 22 heavy (non-hydrogen) atoms. The minimum absolute atomic E-state index is 0.217. The van der Waals surface area contributed by atoms with Crippen LogP contribution < -0.4 is 0 Å². The number of hydrogen-bond donors (Lipinski definition) is 0. The summed E-state index contributed by atoms with van der Waals surface area (Å²) < 4.78 is 29.2. The van der Waals surface area contributed by atoms with Crippen molar-refractivity contribution in [1.82, 2.24) is 0 Å². The second-order valence-corrected chi connectivity index (χ2v) is 6.16. The monoisotopic (exact) mass is 306 g/mol. The Kier molecular flexibility index (Phi) is 3.32. The molecule has 1 aromatic carbocycles. The second-order valence-electron chi connectivity index (χ2n) is 6.16.